The largest absolute Gasteiger partial charge is 0.262 e. The van der Waals surface area contributed by atoms with Crippen molar-refractivity contribution in [1.82, 2.24) is 19.9 Å². The summed E-state index contributed by atoms with van der Waals surface area (Å²) in [6.07, 6.45) is 0. The van der Waals surface area contributed by atoms with Crippen LogP contribution in [0.4, 0.5) is 5.95 Å². The lowest BCUT2D eigenvalue weighted by Gasteiger charge is -2.10. The Kier molecular flexibility index (Phi) is 2.60. The zero-order valence-corrected chi connectivity index (χ0v) is 9.94. The Bertz CT molecular complexity index is 496. The minimum Gasteiger partial charge on any atom is -0.262 e. The van der Waals surface area contributed by atoms with Gasteiger partial charge < -0.3 is 0 Å². The van der Waals surface area contributed by atoms with Crippen molar-refractivity contribution in [2.24, 2.45) is 0 Å². The minimum atomic E-state index is 0.519. The van der Waals surface area contributed by atoms with Gasteiger partial charge in [0.2, 0.25) is 0 Å². The van der Waals surface area contributed by atoms with Crippen molar-refractivity contribution in [1.29, 1.82) is 0 Å². The van der Waals surface area contributed by atoms with Crippen LogP contribution in [0.2, 0.25) is 0 Å². The van der Waals surface area contributed by atoms with Crippen molar-refractivity contribution < 1.29 is 0 Å². The summed E-state index contributed by atoms with van der Waals surface area (Å²) < 4.78 is 1.94. The van der Waals surface area contributed by atoms with E-state index in [0.717, 1.165) is 22.8 Å². The van der Waals surface area contributed by atoms with Gasteiger partial charge in [0.1, 0.15) is 0 Å². The van der Waals surface area contributed by atoms with Crippen LogP contribution in [0.15, 0.2) is 12.1 Å². The lowest BCUT2D eigenvalue weighted by atomic mass is 10.4. The van der Waals surface area contributed by atoms with Crippen LogP contribution in [-0.2, 0) is 0 Å². The zero-order chi connectivity index (χ0) is 11.7. The summed E-state index contributed by atoms with van der Waals surface area (Å²) >= 11 is 0. The van der Waals surface area contributed by atoms with Crippen LogP contribution < -0.4 is 5.43 Å². The molecule has 84 valence electrons. The van der Waals surface area contributed by atoms with Crippen LogP contribution in [0.1, 0.15) is 22.8 Å². The molecule has 5 nitrogen and oxygen atoms in total. The quantitative estimate of drug-likeness (QED) is 0.833. The molecule has 0 atom stereocenters. The fraction of sp³-hybridized carbons (Fsp3) is 0.364. The highest BCUT2D eigenvalue weighted by atomic mass is 15.5. The van der Waals surface area contributed by atoms with E-state index >= 15 is 0 Å². The van der Waals surface area contributed by atoms with Crippen LogP contribution in [-0.4, -0.2) is 19.9 Å². The molecule has 0 bridgehead atoms. The molecule has 2 aromatic heterocycles. The maximum Gasteiger partial charge on any atom is 0.262 e. The summed E-state index contributed by atoms with van der Waals surface area (Å²) in [5, 5.41) is 8.03. The molecule has 0 unspecified atom stereocenters. The first-order chi connectivity index (χ1) is 7.58. The second kappa shape index (κ2) is 3.92. The van der Waals surface area contributed by atoms with Crippen molar-refractivity contribution in [3.8, 4) is 0 Å². The summed E-state index contributed by atoms with van der Waals surface area (Å²) in [5.41, 5.74) is 7.08. The molecular formula is C11H15N5. The van der Waals surface area contributed by atoms with Gasteiger partial charge in [-0.2, -0.15) is 5.10 Å². The summed E-state index contributed by atoms with van der Waals surface area (Å²) in [7, 11) is 0. The highest BCUT2D eigenvalue weighted by molar-refractivity contribution is 5.28. The molecule has 0 aromatic carbocycles. The molecule has 0 radical (unpaired) electrons. The molecule has 0 aliphatic heterocycles. The molecule has 2 heterocycles. The van der Waals surface area contributed by atoms with E-state index in [1.165, 1.54) is 0 Å². The summed E-state index contributed by atoms with van der Waals surface area (Å²) in [5.74, 6) is 0.519. The molecule has 2 rings (SSSR count). The third-order valence-electron chi connectivity index (χ3n) is 2.57. The highest BCUT2D eigenvalue weighted by Gasteiger charge is 2.04. The Morgan fingerprint density at radius 2 is 1.56 bits per heavy atom. The van der Waals surface area contributed by atoms with Crippen molar-refractivity contribution in [2.45, 2.75) is 27.7 Å². The van der Waals surface area contributed by atoms with Gasteiger partial charge in [-0.15, -0.1) is 5.10 Å². The minimum absolute atomic E-state index is 0.519. The Labute approximate surface area is 94.5 Å². The van der Waals surface area contributed by atoms with Crippen molar-refractivity contribution in [2.75, 3.05) is 5.43 Å². The van der Waals surface area contributed by atoms with Gasteiger partial charge in [-0.25, -0.2) is 4.98 Å². The smallest absolute Gasteiger partial charge is 0.262 e. The predicted molar refractivity (Wildman–Crippen MR) is 62.2 cm³/mol. The normalized spacial score (nSPS) is 10.5. The second-order valence-corrected chi connectivity index (χ2v) is 3.87. The standard InChI is InChI=1S/C11H15N5/c1-7-5-6-8(2)16(7)15-11-12-9(3)10(4)13-14-11/h5-6H,1-4H3,(H,12,14,15). The third-order valence-corrected chi connectivity index (χ3v) is 2.57. The lowest BCUT2D eigenvalue weighted by molar-refractivity contribution is 0.817. The van der Waals surface area contributed by atoms with Gasteiger partial charge in [-0.1, -0.05) is 0 Å². The topological polar surface area (TPSA) is 55.6 Å². The third kappa shape index (κ3) is 1.88. The Morgan fingerprint density at radius 1 is 0.938 bits per heavy atom. The lowest BCUT2D eigenvalue weighted by Crippen LogP contribution is -2.15. The van der Waals surface area contributed by atoms with E-state index in [2.05, 4.69) is 20.6 Å². The molecule has 0 aliphatic rings. The monoisotopic (exact) mass is 217 g/mol. The van der Waals surface area contributed by atoms with E-state index in [1.807, 2.05) is 44.5 Å². The molecule has 0 saturated heterocycles. The zero-order valence-electron chi connectivity index (χ0n) is 9.94. The van der Waals surface area contributed by atoms with Gasteiger partial charge in [-0.05, 0) is 39.8 Å². The molecular weight excluding hydrogens is 202 g/mol. The van der Waals surface area contributed by atoms with Crippen LogP contribution in [0, 0.1) is 27.7 Å². The maximum atomic E-state index is 4.32. The summed E-state index contributed by atoms with van der Waals surface area (Å²) in [6, 6.07) is 4.08. The number of rotatable bonds is 2. The van der Waals surface area contributed by atoms with Gasteiger partial charge >= 0.3 is 0 Å². The average molecular weight is 217 g/mol. The highest BCUT2D eigenvalue weighted by Crippen LogP contribution is 2.08. The van der Waals surface area contributed by atoms with E-state index in [1.54, 1.807) is 0 Å². The first kappa shape index (κ1) is 10.6. The fourth-order valence-electron chi connectivity index (χ4n) is 1.45. The predicted octanol–water partition coefficient (Wildman–Crippen LogP) is 1.78. The van der Waals surface area contributed by atoms with Crippen molar-refractivity contribution >= 4 is 5.95 Å². The van der Waals surface area contributed by atoms with E-state index in [9.17, 15) is 0 Å². The first-order valence-corrected chi connectivity index (χ1v) is 5.18. The molecule has 0 amide bonds. The van der Waals surface area contributed by atoms with E-state index < -0.39 is 0 Å². The number of hydrogen-bond acceptors (Lipinski definition) is 4. The van der Waals surface area contributed by atoms with Gasteiger partial charge in [0.25, 0.3) is 5.95 Å². The molecule has 1 N–H and O–H groups in total. The number of nitrogens with zero attached hydrogens (tertiary/aromatic N) is 4. The number of hydrogen-bond donors (Lipinski definition) is 1. The Morgan fingerprint density at radius 3 is 2.12 bits per heavy atom. The van der Waals surface area contributed by atoms with Crippen molar-refractivity contribution in [3.63, 3.8) is 0 Å². The molecule has 16 heavy (non-hydrogen) atoms. The van der Waals surface area contributed by atoms with E-state index in [-0.39, 0.29) is 0 Å². The van der Waals surface area contributed by atoms with Crippen LogP contribution in [0.3, 0.4) is 0 Å². The second-order valence-electron chi connectivity index (χ2n) is 3.87. The first-order valence-electron chi connectivity index (χ1n) is 5.18. The molecule has 0 spiro atoms. The summed E-state index contributed by atoms with van der Waals surface area (Å²) in [4.78, 5) is 4.32. The maximum absolute atomic E-state index is 4.32. The van der Waals surface area contributed by atoms with Crippen LogP contribution >= 0.6 is 0 Å². The fourth-order valence-corrected chi connectivity index (χ4v) is 1.45. The number of aromatic nitrogens is 4. The van der Waals surface area contributed by atoms with Gasteiger partial charge in [0, 0.05) is 11.4 Å². The van der Waals surface area contributed by atoms with Gasteiger partial charge in [0.15, 0.2) is 0 Å². The number of anilines is 1. The Balaban J connectivity index is 2.31. The average Bonchev–Trinajstić information content (AvgIpc) is 2.55. The van der Waals surface area contributed by atoms with Crippen molar-refractivity contribution in [3.05, 3.63) is 34.9 Å². The molecule has 0 saturated carbocycles. The van der Waals surface area contributed by atoms with E-state index in [4.69, 9.17) is 0 Å². The van der Waals surface area contributed by atoms with Crippen LogP contribution in [0.25, 0.3) is 0 Å². The van der Waals surface area contributed by atoms with Gasteiger partial charge in [0.05, 0.1) is 11.4 Å². The number of aryl methyl sites for hydroxylation is 4. The SMILES string of the molecule is Cc1nnc(Nn2c(C)ccc2C)nc1C. The Hall–Kier alpha value is -1.91. The molecule has 2 aromatic rings. The summed E-state index contributed by atoms with van der Waals surface area (Å²) in [6.45, 7) is 7.86. The molecule has 0 aliphatic carbocycles. The molecule has 0 fully saturated rings. The number of nitrogens with one attached hydrogen (secondary N) is 1. The van der Waals surface area contributed by atoms with Crippen LogP contribution in [0.5, 0.6) is 0 Å². The molecule has 5 heteroatoms. The van der Waals surface area contributed by atoms with Gasteiger partial charge in [-0.3, -0.25) is 10.1 Å². The van der Waals surface area contributed by atoms with E-state index in [0.29, 0.717) is 5.95 Å².